The topological polar surface area (TPSA) is 70.6 Å². The summed E-state index contributed by atoms with van der Waals surface area (Å²) >= 11 is 0. The minimum Gasteiger partial charge on any atom is -0.508 e. The Morgan fingerprint density at radius 3 is 2.29 bits per heavy atom. The molecule has 2 rings (SSSR count). The number of ether oxygens (including phenoxy) is 1. The van der Waals surface area contributed by atoms with Crippen LogP contribution in [-0.2, 0) is 17.6 Å². The zero-order chi connectivity index (χ0) is 23.1. The van der Waals surface area contributed by atoms with Gasteiger partial charge in [-0.2, -0.15) is 0 Å². The van der Waals surface area contributed by atoms with Crippen molar-refractivity contribution in [3.8, 4) is 11.5 Å². The highest BCUT2D eigenvalue weighted by atomic mass is 16.5. The second-order valence-corrected chi connectivity index (χ2v) is 10.5. The quantitative estimate of drug-likeness (QED) is 0.484. The lowest BCUT2D eigenvalue weighted by Gasteiger charge is -2.23. The van der Waals surface area contributed by atoms with Crippen LogP contribution in [0.4, 0.5) is 5.69 Å². The van der Waals surface area contributed by atoms with Gasteiger partial charge in [-0.25, -0.2) is 0 Å². The first-order valence-electron chi connectivity index (χ1n) is 11.0. The molecule has 31 heavy (non-hydrogen) atoms. The number of carbonyl (C=O) groups excluding carboxylic acids is 1. The molecule has 1 amide bonds. The van der Waals surface area contributed by atoms with Gasteiger partial charge in [0, 0.05) is 24.8 Å². The Balaban J connectivity index is 1.89. The maximum absolute atomic E-state index is 12.2. The molecule has 0 unspecified atom stereocenters. The van der Waals surface area contributed by atoms with E-state index in [0.717, 1.165) is 29.8 Å². The fourth-order valence-corrected chi connectivity index (χ4v) is 3.42. The highest BCUT2D eigenvalue weighted by Crippen LogP contribution is 2.30. The summed E-state index contributed by atoms with van der Waals surface area (Å²) in [5.74, 6) is 0.834. The first-order chi connectivity index (χ1) is 14.4. The smallest absolute Gasteiger partial charge is 0.258 e. The summed E-state index contributed by atoms with van der Waals surface area (Å²) in [6.45, 7) is 14.4. The highest BCUT2D eigenvalue weighted by Gasteiger charge is 2.18. The van der Waals surface area contributed by atoms with Crippen LogP contribution in [0, 0.1) is 10.8 Å². The van der Waals surface area contributed by atoms with Crippen LogP contribution in [-0.4, -0.2) is 30.7 Å². The van der Waals surface area contributed by atoms with Crippen LogP contribution < -0.4 is 15.4 Å². The van der Waals surface area contributed by atoms with Gasteiger partial charge < -0.3 is 20.5 Å². The van der Waals surface area contributed by atoms with Crippen molar-refractivity contribution in [1.82, 2.24) is 5.32 Å². The molecule has 0 heterocycles. The second kappa shape index (κ2) is 10.6. The Morgan fingerprint density at radius 1 is 0.935 bits per heavy atom. The number of anilines is 1. The standard InChI is InChI=1S/C26H38N2O3/c1-25(2,3)16-19-10-11-23(20(14-19)17-26(4,5)6)31-18-24(30)28-13-12-27-21-8-7-9-22(29)15-21/h7-11,14-15,27,29H,12-13,16-18H2,1-6H3,(H,28,30). The maximum Gasteiger partial charge on any atom is 0.258 e. The van der Waals surface area contributed by atoms with E-state index in [4.69, 9.17) is 4.74 Å². The molecule has 0 saturated heterocycles. The lowest BCUT2D eigenvalue weighted by Crippen LogP contribution is -2.32. The molecule has 5 nitrogen and oxygen atoms in total. The Kier molecular flexibility index (Phi) is 8.37. The predicted octanol–water partition coefficient (Wildman–Crippen LogP) is 5.18. The van der Waals surface area contributed by atoms with E-state index in [1.165, 1.54) is 5.56 Å². The number of nitrogens with one attached hydrogen (secondary N) is 2. The molecule has 0 radical (unpaired) electrons. The molecule has 0 aliphatic carbocycles. The van der Waals surface area contributed by atoms with E-state index in [9.17, 15) is 9.90 Å². The van der Waals surface area contributed by atoms with E-state index in [1.807, 2.05) is 12.1 Å². The molecule has 0 atom stereocenters. The first-order valence-corrected chi connectivity index (χ1v) is 11.0. The van der Waals surface area contributed by atoms with Crippen LogP contribution in [0.3, 0.4) is 0 Å². The third kappa shape index (κ3) is 9.77. The zero-order valence-electron chi connectivity index (χ0n) is 19.8. The number of carbonyl (C=O) groups is 1. The van der Waals surface area contributed by atoms with Gasteiger partial charge in [0.1, 0.15) is 11.5 Å². The van der Waals surface area contributed by atoms with Crippen LogP contribution in [0.1, 0.15) is 52.7 Å². The van der Waals surface area contributed by atoms with Crippen molar-refractivity contribution >= 4 is 11.6 Å². The van der Waals surface area contributed by atoms with E-state index in [1.54, 1.807) is 18.2 Å². The number of amides is 1. The Hall–Kier alpha value is -2.69. The summed E-state index contributed by atoms with van der Waals surface area (Å²) in [6, 6.07) is 13.2. The fraction of sp³-hybridized carbons (Fsp3) is 0.500. The molecule has 2 aromatic rings. The number of benzene rings is 2. The van der Waals surface area contributed by atoms with Gasteiger partial charge in [0.25, 0.3) is 5.91 Å². The summed E-state index contributed by atoms with van der Waals surface area (Å²) in [5.41, 5.74) is 3.59. The van der Waals surface area contributed by atoms with Crippen molar-refractivity contribution < 1.29 is 14.6 Å². The number of phenols is 1. The van der Waals surface area contributed by atoms with Crippen LogP contribution in [0.15, 0.2) is 42.5 Å². The summed E-state index contributed by atoms with van der Waals surface area (Å²) < 4.78 is 5.90. The number of aromatic hydroxyl groups is 1. The van der Waals surface area contributed by atoms with Crippen molar-refractivity contribution in [2.75, 3.05) is 25.0 Å². The lowest BCUT2D eigenvalue weighted by molar-refractivity contribution is -0.123. The monoisotopic (exact) mass is 426 g/mol. The predicted molar refractivity (Wildman–Crippen MR) is 128 cm³/mol. The normalized spacial score (nSPS) is 11.8. The van der Waals surface area contributed by atoms with E-state index in [0.29, 0.717) is 13.1 Å². The van der Waals surface area contributed by atoms with Crippen molar-refractivity contribution in [1.29, 1.82) is 0 Å². The Labute approximate surface area is 187 Å². The van der Waals surface area contributed by atoms with Gasteiger partial charge in [-0.15, -0.1) is 0 Å². The van der Waals surface area contributed by atoms with Crippen molar-refractivity contribution in [2.45, 2.75) is 54.4 Å². The van der Waals surface area contributed by atoms with E-state index in [2.05, 4.69) is 64.3 Å². The lowest BCUT2D eigenvalue weighted by atomic mass is 9.84. The highest BCUT2D eigenvalue weighted by molar-refractivity contribution is 5.77. The third-order valence-corrected chi connectivity index (χ3v) is 4.56. The molecule has 0 spiro atoms. The summed E-state index contributed by atoms with van der Waals surface area (Å²) in [7, 11) is 0. The summed E-state index contributed by atoms with van der Waals surface area (Å²) in [4.78, 5) is 12.2. The van der Waals surface area contributed by atoms with Gasteiger partial charge >= 0.3 is 0 Å². The Bertz CT molecular complexity index is 864. The summed E-state index contributed by atoms with van der Waals surface area (Å²) in [6.07, 6.45) is 1.88. The maximum atomic E-state index is 12.2. The minimum absolute atomic E-state index is 0.0120. The number of hydrogen-bond acceptors (Lipinski definition) is 4. The average molecular weight is 427 g/mol. The van der Waals surface area contributed by atoms with Crippen LogP contribution >= 0.6 is 0 Å². The molecule has 0 aliphatic heterocycles. The van der Waals surface area contributed by atoms with Gasteiger partial charge in [-0.3, -0.25) is 4.79 Å². The largest absolute Gasteiger partial charge is 0.508 e. The van der Waals surface area contributed by atoms with Crippen molar-refractivity contribution in [3.63, 3.8) is 0 Å². The summed E-state index contributed by atoms with van der Waals surface area (Å²) in [5, 5.41) is 15.5. The van der Waals surface area contributed by atoms with Crippen molar-refractivity contribution in [3.05, 3.63) is 53.6 Å². The second-order valence-electron chi connectivity index (χ2n) is 10.5. The van der Waals surface area contributed by atoms with Crippen molar-refractivity contribution in [2.24, 2.45) is 10.8 Å². The number of rotatable bonds is 9. The minimum atomic E-state index is -0.154. The fourth-order valence-electron chi connectivity index (χ4n) is 3.42. The van der Waals surface area contributed by atoms with Gasteiger partial charge in [-0.1, -0.05) is 59.7 Å². The molecule has 0 saturated carbocycles. The molecular weight excluding hydrogens is 388 g/mol. The molecule has 0 aromatic heterocycles. The van der Waals surface area contributed by atoms with Gasteiger partial charge in [0.15, 0.2) is 6.61 Å². The van der Waals surface area contributed by atoms with Gasteiger partial charge in [-0.05, 0) is 53.0 Å². The molecule has 2 aromatic carbocycles. The third-order valence-electron chi connectivity index (χ3n) is 4.56. The van der Waals surface area contributed by atoms with Gasteiger partial charge in [0.05, 0.1) is 0 Å². The number of phenolic OH excluding ortho intramolecular Hbond substituents is 1. The molecule has 0 bridgehead atoms. The van der Waals surface area contributed by atoms with Gasteiger partial charge in [0.2, 0.25) is 0 Å². The first kappa shape index (κ1) is 24.6. The molecule has 0 aliphatic rings. The molecular formula is C26H38N2O3. The van der Waals surface area contributed by atoms with Crippen LogP contribution in [0.2, 0.25) is 0 Å². The molecule has 5 heteroatoms. The SMILES string of the molecule is CC(C)(C)Cc1ccc(OCC(=O)NCCNc2cccc(O)c2)c(CC(C)(C)C)c1. The van der Waals surface area contributed by atoms with E-state index < -0.39 is 0 Å². The zero-order valence-corrected chi connectivity index (χ0v) is 19.8. The molecule has 0 fully saturated rings. The number of hydrogen-bond donors (Lipinski definition) is 3. The van der Waals surface area contributed by atoms with E-state index >= 15 is 0 Å². The molecule has 3 N–H and O–H groups in total. The van der Waals surface area contributed by atoms with Crippen LogP contribution in [0.25, 0.3) is 0 Å². The average Bonchev–Trinajstić information content (AvgIpc) is 2.62. The van der Waals surface area contributed by atoms with Crippen LogP contribution in [0.5, 0.6) is 11.5 Å². The van der Waals surface area contributed by atoms with E-state index in [-0.39, 0.29) is 29.1 Å². The Morgan fingerprint density at radius 2 is 1.65 bits per heavy atom. The molecule has 170 valence electrons.